The molecule has 0 radical (unpaired) electrons. The zero-order valence-corrected chi connectivity index (χ0v) is 12.9. The van der Waals surface area contributed by atoms with Gasteiger partial charge in [0.05, 0.1) is 6.04 Å². The van der Waals surface area contributed by atoms with Crippen molar-refractivity contribution in [3.05, 3.63) is 42.0 Å². The highest BCUT2D eigenvalue weighted by Crippen LogP contribution is 2.14. The quantitative estimate of drug-likeness (QED) is 0.899. The lowest BCUT2D eigenvalue weighted by atomic mass is 10.0. The van der Waals surface area contributed by atoms with Crippen LogP contribution in [0.5, 0.6) is 0 Å². The molecule has 1 heterocycles. The first-order valence-corrected chi connectivity index (χ1v) is 7.37. The molecule has 0 aromatic heterocycles. The molecule has 2 atom stereocenters. The molecule has 1 amide bonds. The number of hydrogen-bond donors (Lipinski definition) is 2. The van der Waals surface area contributed by atoms with Crippen molar-refractivity contribution in [3.8, 4) is 0 Å². The van der Waals surface area contributed by atoms with Gasteiger partial charge in [-0.2, -0.15) is 0 Å². The largest absolute Gasteiger partial charge is 0.444 e. The van der Waals surface area contributed by atoms with Gasteiger partial charge < -0.3 is 15.4 Å². The van der Waals surface area contributed by atoms with Crippen LogP contribution in [0.25, 0.3) is 6.08 Å². The Bertz CT molecular complexity index is 491. The van der Waals surface area contributed by atoms with Crippen molar-refractivity contribution in [2.45, 2.75) is 32.4 Å². The summed E-state index contributed by atoms with van der Waals surface area (Å²) in [5.74, 6) is 0.276. The van der Waals surface area contributed by atoms with Crippen molar-refractivity contribution in [1.82, 2.24) is 10.6 Å². The molecule has 1 aliphatic rings. The Balaban J connectivity index is 1.91. The molecule has 1 fully saturated rings. The van der Waals surface area contributed by atoms with Crippen molar-refractivity contribution in [3.63, 3.8) is 0 Å². The van der Waals surface area contributed by atoms with Gasteiger partial charge in [-0.05, 0) is 26.3 Å². The zero-order valence-electron chi connectivity index (χ0n) is 12.9. The highest BCUT2D eigenvalue weighted by atomic mass is 16.6. The fourth-order valence-corrected chi connectivity index (χ4v) is 2.32. The fraction of sp³-hybridized carbons (Fsp3) is 0.471. The van der Waals surface area contributed by atoms with E-state index in [4.69, 9.17) is 4.74 Å². The third kappa shape index (κ3) is 5.23. The summed E-state index contributed by atoms with van der Waals surface area (Å²) in [6.45, 7) is 7.23. The SMILES string of the molecule is CC(C)(C)OC(=O)N[C@@H]1CNC[C@H]1/C=C/c1ccccc1. The van der Waals surface area contributed by atoms with E-state index < -0.39 is 5.60 Å². The average molecular weight is 288 g/mol. The maximum Gasteiger partial charge on any atom is 0.407 e. The lowest BCUT2D eigenvalue weighted by Crippen LogP contribution is -2.42. The van der Waals surface area contributed by atoms with Crippen LogP contribution in [0.3, 0.4) is 0 Å². The second-order valence-corrected chi connectivity index (χ2v) is 6.34. The summed E-state index contributed by atoms with van der Waals surface area (Å²) in [4.78, 5) is 11.8. The van der Waals surface area contributed by atoms with Crippen molar-refractivity contribution in [2.24, 2.45) is 5.92 Å². The summed E-state index contributed by atoms with van der Waals surface area (Å²) in [6.07, 6.45) is 3.90. The Morgan fingerprint density at radius 3 is 2.67 bits per heavy atom. The molecule has 0 aliphatic carbocycles. The molecule has 1 aliphatic heterocycles. The monoisotopic (exact) mass is 288 g/mol. The van der Waals surface area contributed by atoms with E-state index in [9.17, 15) is 4.79 Å². The second-order valence-electron chi connectivity index (χ2n) is 6.34. The number of carbonyl (C=O) groups is 1. The molecule has 1 saturated heterocycles. The molecule has 0 saturated carbocycles. The summed E-state index contributed by atoms with van der Waals surface area (Å²) in [5.41, 5.74) is 0.700. The maximum atomic E-state index is 11.8. The minimum absolute atomic E-state index is 0.0693. The molecule has 2 rings (SSSR count). The maximum absolute atomic E-state index is 11.8. The Morgan fingerprint density at radius 1 is 1.29 bits per heavy atom. The van der Waals surface area contributed by atoms with E-state index >= 15 is 0 Å². The minimum atomic E-state index is -0.467. The summed E-state index contributed by atoms with van der Waals surface area (Å²) < 4.78 is 5.31. The van der Waals surface area contributed by atoms with Gasteiger partial charge in [0.1, 0.15) is 5.60 Å². The topological polar surface area (TPSA) is 50.4 Å². The predicted octanol–water partition coefficient (Wildman–Crippen LogP) is 2.81. The van der Waals surface area contributed by atoms with E-state index in [1.54, 1.807) is 0 Å². The molecule has 4 nitrogen and oxygen atoms in total. The van der Waals surface area contributed by atoms with Crippen LogP contribution in [-0.2, 0) is 4.74 Å². The van der Waals surface area contributed by atoms with Gasteiger partial charge >= 0.3 is 6.09 Å². The summed E-state index contributed by atoms with van der Waals surface area (Å²) >= 11 is 0. The molecule has 4 heteroatoms. The van der Waals surface area contributed by atoms with Gasteiger partial charge in [-0.25, -0.2) is 4.79 Å². The number of carbonyl (C=O) groups excluding carboxylic acids is 1. The van der Waals surface area contributed by atoms with Crippen LogP contribution in [-0.4, -0.2) is 30.8 Å². The standard InChI is InChI=1S/C17H24N2O2/c1-17(2,3)21-16(20)19-15-12-18-11-14(15)10-9-13-7-5-4-6-8-13/h4-10,14-15,18H,11-12H2,1-3H3,(H,19,20)/b10-9+/t14-,15-/m1/s1. The van der Waals surface area contributed by atoms with Gasteiger partial charge in [-0.3, -0.25) is 0 Å². The van der Waals surface area contributed by atoms with Gasteiger partial charge in [0.2, 0.25) is 0 Å². The minimum Gasteiger partial charge on any atom is -0.444 e. The van der Waals surface area contributed by atoms with E-state index in [0.717, 1.165) is 13.1 Å². The molecule has 0 unspecified atom stereocenters. The van der Waals surface area contributed by atoms with Crippen LogP contribution in [0.2, 0.25) is 0 Å². The molecule has 1 aromatic rings. The summed E-state index contributed by atoms with van der Waals surface area (Å²) in [7, 11) is 0. The number of nitrogens with one attached hydrogen (secondary N) is 2. The number of amides is 1. The smallest absolute Gasteiger partial charge is 0.407 e. The Kier molecular flexibility index (Phi) is 5.02. The molecule has 1 aromatic carbocycles. The van der Waals surface area contributed by atoms with Crippen molar-refractivity contribution < 1.29 is 9.53 Å². The van der Waals surface area contributed by atoms with E-state index in [1.165, 1.54) is 5.56 Å². The molecule has 0 spiro atoms. The first-order valence-electron chi connectivity index (χ1n) is 7.37. The lowest BCUT2D eigenvalue weighted by molar-refractivity contribution is 0.0502. The van der Waals surface area contributed by atoms with E-state index in [0.29, 0.717) is 0 Å². The lowest BCUT2D eigenvalue weighted by Gasteiger charge is -2.23. The predicted molar refractivity (Wildman–Crippen MR) is 85.0 cm³/mol. The first-order chi connectivity index (χ1) is 9.94. The number of alkyl carbamates (subject to hydrolysis) is 1. The van der Waals surface area contributed by atoms with E-state index in [2.05, 4.69) is 34.9 Å². The third-order valence-corrected chi connectivity index (χ3v) is 3.30. The van der Waals surface area contributed by atoms with Crippen molar-refractivity contribution in [1.29, 1.82) is 0 Å². The number of hydrogen-bond acceptors (Lipinski definition) is 3. The molecular formula is C17H24N2O2. The second kappa shape index (κ2) is 6.76. The van der Waals surface area contributed by atoms with Crippen LogP contribution in [0.4, 0.5) is 4.79 Å². The average Bonchev–Trinajstić information content (AvgIpc) is 2.82. The highest BCUT2D eigenvalue weighted by Gasteiger charge is 2.28. The van der Waals surface area contributed by atoms with Crippen molar-refractivity contribution in [2.75, 3.05) is 13.1 Å². The van der Waals surface area contributed by atoms with Crippen LogP contribution in [0.1, 0.15) is 26.3 Å². The zero-order chi connectivity index (χ0) is 15.3. The molecule has 114 valence electrons. The molecule has 2 N–H and O–H groups in total. The molecular weight excluding hydrogens is 264 g/mol. The van der Waals surface area contributed by atoms with Crippen LogP contribution >= 0.6 is 0 Å². The van der Waals surface area contributed by atoms with Gasteiger partial charge in [0, 0.05) is 19.0 Å². The number of rotatable bonds is 3. The number of ether oxygens (including phenoxy) is 1. The number of benzene rings is 1. The van der Waals surface area contributed by atoms with Gasteiger partial charge in [0.25, 0.3) is 0 Å². The van der Waals surface area contributed by atoms with Gasteiger partial charge in [-0.15, -0.1) is 0 Å². The van der Waals surface area contributed by atoms with Crippen LogP contribution in [0, 0.1) is 5.92 Å². The molecule has 0 bridgehead atoms. The summed E-state index contributed by atoms with van der Waals surface area (Å²) in [6, 6.07) is 10.2. The molecule has 21 heavy (non-hydrogen) atoms. The highest BCUT2D eigenvalue weighted by molar-refractivity contribution is 5.68. The Morgan fingerprint density at radius 2 is 2.00 bits per heavy atom. The van der Waals surface area contributed by atoms with Crippen LogP contribution in [0.15, 0.2) is 36.4 Å². The van der Waals surface area contributed by atoms with Crippen molar-refractivity contribution >= 4 is 12.2 Å². The Hall–Kier alpha value is -1.81. The van der Waals surface area contributed by atoms with Crippen LogP contribution < -0.4 is 10.6 Å². The van der Waals surface area contributed by atoms with Gasteiger partial charge in [-0.1, -0.05) is 42.5 Å². The normalized spacial score (nSPS) is 22.4. The van der Waals surface area contributed by atoms with E-state index in [1.807, 2.05) is 39.0 Å². The third-order valence-electron chi connectivity index (χ3n) is 3.30. The van der Waals surface area contributed by atoms with E-state index in [-0.39, 0.29) is 18.1 Å². The Labute approximate surface area is 126 Å². The fourth-order valence-electron chi connectivity index (χ4n) is 2.32. The summed E-state index contributed by atoms with van der Waals surface area (Å²) in [5, 5.41) is 6.25. The first kappa shape index (κ1) is 15.6. The van der Waals surface area contributed by atoms with Gasteiger partial charge in [0.15, 0.2) is 0 Å².